The van der Waals surface area contributed by atoms with Gasteiger partial charge in [-0.3, -0.25) is 19.1 Å². The van der Waals surface area contributed by atoms with Gasteiger partial charge in [0.1, 0.15) is 5.69 Å². The van der Waals surface area contributed by atoms with Crippen LogP contribution in [0.15, 0.2) is 34.9 Å². The minimum Gasteiger partial charge on any atom is -0.349 e. The first-order valence-corrected chi connectivity index (χ1v) is 10.3. The first-order chi connectivity index (χ1) is 13.5. The maximum atomic E-state index is 13.0. The maximum Gasteiger partial charge on any atom is 0.271 e. The third kappa shape index (κ3) is 3.61. The van der Waals surface area contributed by atoms with Crippen LogP contribution < -0.4 is 10.6 Å². The quantitative estimate of drug-likeness (QED) is 0.708. The fourth-order valence-corrected chi connectivity index (χ4v) is 4.32. The van der Waals surface area contributed by atoms with E-state index in [0.717, 1.165) is 17.3 Å². The molecule has 1 aliphatic heterocycles. The largest absolute Gasteiger partial charge is 0.349 e. The predicted octanol–water partition coefficient (Wildman–Crippen LogP) is 3.02. The minimum absolute atomic E-state index is 0.00197. The van der Waals surface area contributed by atoms with Gasteiger partial charge >= 0.3 is 0 Å². The number of aromatic nitrogens is 2. The van der Waals surface area contributed by atoms with Gasteiger partial charge < -0.3 is 10.6 Å². The van der Waals surface area contributed by atoms with E-state index < -0.39 is 5.92 Å². The molecule has 0 radical (unpaired) electrons. The Kier molecular flexibility index (Phi) is 5.30. The molecule has 0 bridgehead atoms. The molecule has 7 nitrogen and oxygen atoms in total. The summed E-state index contributed by atoms with van der Waals surface area (Å²) in [6.45, 7) is 1.10. The maximum absolute atomic E-state index is 13.0. The van der Waals surface area contributed by atoms with E-state index in [1.807, 2.05) is 12.1 Å². The van der Waals surface area contributed by atoms with Gasteiger partial charge in [0.05, 0.1) is 18.4 Å². The average molecular weight is 445 g/mol. The molecule has 2 atom stereocenters. The molecule has 1 aliphatic carbocycles. The van der Waals surface area contributed by atoms with Crippen molar-refractivity contribution < 1.29 is 14.4 Å². The Morgan fingerprint density at radius 1 is 1.14 bits per heavy atom. The van der Waals surface area contributed by atoms with Crippen molar-refractivity contribution in [2.45, 2.75) is 32.2 Å². The SMILES string of the molecule is O=C1NCCn2ncc(NC(=O)[C@@H]3CCCC[C@H]3C(=O)c3ccc(Br)cc3)c21. The zero-order valence-electron chi connectivity index (χ0n) is 15.3. The van der Waals surface area contributed by atoms with E-state index in [-0.39, 0.29) is 23.5 Å². The van der Waals surface area contributed by atoms with Crippen molar-refractivity contribution in [3.05, 3.63) is 46.2 Å². The van der Waals surface area contributed by atoms with Gasteiger partial charge in [-0.05, 0) is 25.0 Å². The van der Waals surface area contributed by atoms with Gasteiger partial charge in [0.25, 0.3) is 5.91 Å². The Labute approximate surface area is 171 Å². The van der Waals surface area contributed by atoms with Crippen LogP contribution in [0.3, 0.4) is 0 Å². The molecule has 2 aliphatic rings. The van der Waals surface area contributed by atoms with E-state index in [1.165, 1.54) is 6.20 Å². The molecule has 1 aromatic carbocycles. The number of anilines is 1. The van der Waals surface area contributed by atoms with Crippen LogP contribution in [0.5, 0.6) is 0 Å². The molecule has 2 N–H and O–H groups in total. The molecule has 0 saturated heterocycles. The summed E-state index contributed by atoms with van der Waals surface area (Å²) in [5.74, 6) is -1.22. The lowest BCUT2D eigenvalue weighted by atomic mass is 9.75. The molecule has 4 rings (SSSR count). The third-order valence-electron chi connectivity index (χ3n) is 5.49. The Hall–Kier alpha value is -2.48. The molecule has 1 saturated carbocycles. The summed E-state index contributed by atoms with van der Waals surface area (Å²) in [6, 6.07) is 7.24. The summed E-state index contributed by atoms with van der Waals surface area (Å²) in [5, 5.41) is 9.80. The number of carbonyl (C=O) groups is 3. The second-order valence-corrected chi connectivity index (χ2v) is 8.16. The van der Waals surface area contributed by atoms with E-state index in [9.17, 15) is 14.4 Å². The Morgan fingerprint density at radius 2 is 1.86 bits per heavy atom. The van der Waals surface area contributed by atoms with Crippen LogP contribution >= 0.6 is 15.9 Å². The van der Waals surface area contributed by atoms with Crippen molar-refractivity contribution in [2.24, 2.45) is 11.8 Å². The predicted molar refractivity (Wildman–Crippen MR) is 107 cm³/mol. The normalized spacial score (nSPS) is 21.5. The molecular formula is C20H21BrN4O3. The number of hydrogen-bond acceptors (Lipinski definition) is 4. The summed E-state index contributed by atoms with van der Waals surface area (Å²) in [4.78, 5) is 38.2. The second kappa shape index (κ2) is 7.87. The number of rotatable bonds is 4. The third-order valence-corrected chi connectivity index (χ3v) is 6.02. The molecule has 0 unspecified atom stereocenters. The first kappa shape index (κ1) is 18.9. The zero-order chi connectivity index (χ0) is 19.7. The van der Waals surface area contributed by atoms with Crippen LogP contribution in [0.1, 0.15) is 46.5 Å². The lowest BCUT2D eigenvalue weighted by molar-refractivity contribution is -0.121. The molecule has 2 amide bonds. The number of hydrogen-bond donors (Lipinski definition) is 2. The smallest absolute Gasteiger partial charge is 0.271 e. The Morgan fingerprint density at radius 3 is 2.61 bits per heavy atom. The van der Waals surface area contributed by atoms with Gasteiger partial charge in [0.15, 0.2) is 5.78 Å². The molecule has 1 fully saturated rings. The van der Waals surface area contributed by atoms with Gasteiger partial charge in [-0.2, -0.15) is 5.10 Å². The number of fused-ring (bicyclic) bond motifs is 1. The van der Waals surface area contributed by atoms with Crippen LogP contribution in [-0.2, 0) is 11.3 Å². The highest BCUT2D eigenvalue weighted by atomic mass is 79.9. The van der Waals surface area contributed by atoms with E-state index in [2.05, 4.69) is 31.7 Å². The monoisotopic (exact) mass is 444 g/mol. The number of amides is 2. The highest BCUT2D eigenvalue weighted by Gasteiger charge is 2.37. The van der Waals surface area contributed by atoms with E-state index >= 15 is 0 Å². The number of ketones is 1. The number of nitrogens with one attached hydrogen (secondary N) is 2. The van der Waals surface area contributed by atoms with Gasteiger partial charge in [-0.15, -0.1) is 0 Å². The highest BCUT2D eigenvalue weighted by molar-refractivity contribution is 9.10. The topological polar surface area (TPSA) is 93.1 Å². The lowest BCUT2D eigenvalue weighted by Gasteiger charge is -2.29. The number of benzene rings is 1. The summed E-state index contributed by atoms with van der Waals surface area (Å²) in [6.07, 6.45) is 4.71. The van der Waals surface area contributed by atoms with Crippen LogP contribution in [0, 0.1) is 11.8 Å². The van der Waals surface area contributed by atoms with Crippen molar-refractivity contribution in [2.75, 3.05) is 11.9 Å². The van der Waals surface area contributed by atoms with Crippen LogP contribution in [0.4, 0.5) is 5.69 Å². The van der Waals surface area contributed by atoms with Gasteiger partial charge in [-0.25, -0.2) is 0 Å². The average Bonchev–Trinajstić information content (AvgIpc) is 3.12. The highest BCUT2D eigenvalue weighted by Crippen LogP contribution is 2.34. The molecule has 8 heteroatoms. The number of carbonyl (C=O) groups excluding carboxylic acids is 3. The summed E-state index contributed by atoms with van der Waals surface area (Å²) in [7, 11) is 0. The minimum atomic E-state index is -0.410. The Balaban J connectivity index is 1.54. The fraction of sp³-hybridized carbons (Fsp3) is 0.400. The summed E-state index contributed by atoms with van der Waals surface area (Å²) in [5.41, 5.74) is 1.39. The fourth-order valence-electron chi connectivity index (χ4n) is 4.06. The molecule has 2 heterocycles. The number of halogens is 1. The van der Waals surface area contributed by atoms with Gasteiger partial charge in [0.2, 0.25) is 5.91 Å². The van der Waals surface area contributed by atoms with Crippen molar-refractivity contribution in [1.82, 2.24) is 15.1 Å². The lowest BCUT2D eigenvalue weighted by Crippen LogP contribution is -2.38. The van der Waals surface area contributed by atoms with Crippen LogP contribution in [0.2, 0.25) is 0 Å². The van der Waals surface area contributed by atoms with Gasteiger partial charge in [-0.1, -0.05) is 40.9 Å². The van der Waals surface area contributed by atoms with E-state index in [1.54, 1.807) is 16.8 Å². The zero-order valence-corrected chi connectivity index (χ0v) is 16.9. The number of Topliss-reactive ketones (excluding diaryl/α,β-unsaturated/α-hetero) is 1. The molecule has 146 valence electrons. The summed E-state index contributed by atoms with van der Waals surface area (Å²) < 4.78 is 2.51. The van der Waals surface area contributed by atoms with Crippen molar-refractivity contribution in [3.8, 4) is 0 Å². The van der Waals surface area contributed by atoms with E-state index in [4.69, 9.17) is 0 Å². The molecule has 2 aromatic rings. The van der Waals surface area contributed by atoms with Crippen molar-refractivity contribution in [1.29, 1.82) is 0 Å². The number of nitrogens with zero attached hydrogens (tertiary/aromatic N) is 2. The van der Waals surface area contributed by atoms with Crippen LogP contribution in [-0.4, -0.2) is 33.9 Å². The summed E-state index contributed by atoms with van der Waals surface area (Å²) >= 11 is 3.38. The van der Waals surface area contributed by atoms with Crippen molar-refractivity contribution >= 4 is 39.2 Å². The van der Waals surface area contributed by atoms with Gasteiger partial charge in [0, 0.05) is 28.4 Å². The van der Waals surface area contributed by atoms with E-state index in [0.29, 0.717) is 42.9 Å². The molecule has 28 heavy (non-hydrogen) atoms. The second-order valence-electron chi connectivity index (χ2n) is 7.24. The van der Waals surface area contributed by atoms with Crippen molar-refractivity contribution in [3.63, 3.8) is 0 Å². The first-order valence-electron chi connectivity index (χ1n) is 9.49. The Bertz CT molecular complexity index is 922. The molecule has 0 spiro atoms. The molecular weight excluding hydrogens is 424 g/mol. The molecule has 1 aromatic heterocycles. The van der Waals surface area contributed by atoms with Crippen LogP contribution in [0.25, 0.3) is 0 Å². The standard InChI is InChI=1S/C20H21BrN4O3/c21-13-7-5-12(6-8-13)18(26)14-3-1-2-4-15(14)19(27)24-16-11-23-25-10-9-22-20(28)17(16)25/h5-8,11,14-15H,1-4,9-10H2,(H,22,28)(H,24,27)/t14-,15-/m1/s1.